The van der Waals surface area contributed by atoms with Crippen LogP contribution in [0, 0.1) is 6.57 Å². The zero-order valence-corrected chi connectivity index (χ0v) is 17.3. The van der Waals surface area contributed by atoms with Gasteiger partial charge in [0.1, 0.15) is 23.9 Å². The first-order valence-corrected chi connectivity index (χ1v) is 9.74. The van der Waals surface area contributed by atoms with Gasteiger partial charge in [0.15, 0.2) is 0 Å². The van der Waals surface area contributed by atoms with E-state index in [1.54, 1.807) is 36.5 Å². The van der Waals surface area contributed by atoms with Crippen LogP contribution in [0.4, 0.5) is 18.9 Å². The molecular formula is C24H17F3N4O2. The predicted molar refractivity (Wildman–Crippen MR) is 116 cm³/mol. The van der Waals surface area contributed by atoms with Crippen molar-refractivity contribution >= 4 is 5.69 Å². The number of nitrogens with one attached hydrogen (secondary N) is 1. The third-order valence-corrected chi connectivity index (χ3v) is 4.84. The molecule has 4 rings (SSSR count). The molecular weight excluding hydrogens is 433 g/mol. The van der Waals surface area contributed by atoms with Crippen molar-refractivity contribution in [3.8, 4) is 34.1 Å². The van der Waals surface area contributed by atoms with Crippen molar-refractivity contribution in [3.63, 3.8) is 0 Å². The second-order valence-electron chi connectivity index (χ2n) is 6.98. The molecule has 2 heterocycles. The maximum Gasteiger partial charge on any atom is 0.416 e. The van der Waals surface area contributed by atoms with Gasteiger partial charge in [0, 0.05) is 29.6 Å². The molecule has 0 aliphatic carbocycles. The normalized spacial score (nSPS) is 11.1. The molecule has 0 spiro atoms. The zero-order chi connectivity index (χ0) is 23.4. The van der Waals surface area contributed by atoms with Crippen LogP contribution < -0.4 is 9.47 Å². The van der Waals surface area contributed by atoms with Crippen molar-refractivity contribution in [2.24, 2.45) is 0 Å². The largest absolute Gasteiger partial charge is 0.496 e. The SMILES string of the molecule is [C-]#[N+]c1ccc(COc2ccc(-c3c[nH]c(-c4ccc(C(F)(F)F)cc4)n3)c(OC)c2)nc1. The first-order chi connectivity index (χ1) is 15.9. The highest BCUT2D eigenvalue weighted by Crippen LogP contribution is 2.34. The molecule has 0 amide bonds. The Morgan fingerprint density at radius 2 is 1.85 bits per heavy atom. The maximum atomic E-state index is 12.8. The molecule has 0 saturated carbocycles. The molecule has 0 bridgehead atoms. The molecule has 4 aromatic rings. The number of nitrogens with zero attached hydrogens (tertiary/aromatic N) is 3. The number of benzene rings is 2. The lowest BCUT2D eigenvalue weighted by atomic mass is 10.1. The summed E-state index contributed by atoms with van der Waals surface area (Å²) in [6.07, 6.45) is -1.24. The lowest BCUT2D eigenvalue weighted by Crippen LogP contribution is -2.04. The van der Waals surface area contributed by atoms with Gasteiger partial charge in [-0.2, -0.15) is 13.2 Å². The third kappa shape index (κ3) is 4.96. The molecule has 0 aliphatic rings. The lowest BCUT2D eigenvalue weighted by Gasteiger charge is -2.10. The number of pyridine rings is 1. The quantitative estimate of drug-likeness (QED) is 0.351. The van der Waals surface area contributed by atoms with E-state index >= 15 is 0 Å². The molecule has 1 N–H and O–H groups in total. The summed E-state index contributed by atoms with van der Waals surface area (Å²) in [5.41, 5.74) is 2.22. The third-order valence-electron chi connectivity index (χ3n) is 4.84. The van der Waals surface area contributed by atoms with E-state index in [-0.39, 0.29) is 6.61 Å². The second kappa shape index (κ2) is 9.04. The number of rotatable bonds is 6. The van der Waals surface area contributed by atoms with Gasteiger partial charge in [-0.25, -0.2) is 9.83 Å². The van der Waals surface area contributed by atoms with E-state index in [4.69, 9.17) is 16.0 Å². The number of halogens is 3. The average molecular weight is 450 g/mol. The Hall–Kier alpha value is -4.32. The number of methoxy groups -OCH3 is 1. The number of H-pyrrole nitrogens is 1. The fourth-order valence-corrected chi connectivity index (χ4v) is 3.12. The first-order valence-electron chi connectivity index (χ1n) is 9.74. The minimum atomic E-state index is -4.39. The molecule has 2 aromatic carbocycles. The molecule has 0 fully saturated rings. The maximum absolute atomic E-state index is 12.8. The number of ether oxygens (including phenoxy) is 2. The highest BCUT2D eigenvalue weighted by atomic mass is 19.4. The summed E-state index contributed by atoms with van der Waals surface area (Å²) >= 11 is 0. The Balaban J connectivity index is 1.51. The zero-order valence-electron chi connectivity index (χ0n) is 17.3. The fraction of sp³-hybridized carbons (Fsp3) is 0.125. The van der Waals surface area contributed by atoms with Crippen LogP contribution in [0.1, 0.15) is 11.3 Å². The van der Waals surface area contributed by atoms with Gasteiger partial charge in [0.25, 0.3) is 0 Å². The Morgan fingerprint density at radius 3 is 2.48 bits per heavy atom. The summed E-state index contributed by atoms with van der Waals surface area (Å²) in [7, 11) is 1.52. The average Bonchev–Trinajstić information content (AvgIpc) is 3.32. The first kappa shape index (κ1) is 21.9. The molecule has 0 aliphatic heterocycles. The Labute approximate surface area is 187 Å². The summed E-state index contributed by atoms with van der Waals surface area (Å²) in [6, 6.07) is 13.5. The van der Waals surface area contributed by atoms with E-state index in [0.29, 0.717) is 45.5 Å². The van der Waals surface area contributed by atoms with Gasteiger partial charge in [-0.05, 0) is 30.3 Å². The standard InChI is InChI=1S/C24H17F3N4O2/c1-28-17-7-8-18(29-12-17)14-33-19-9-10-20(22(11-19)32-2)21-13-30-23(31-21)15-3-5-16(6-4-15)24(25,26)27/h3-13H,14H2,2H3,(H,30,31). The highest BCUT2D eigenvalue weighted by Gasteiger charge is 2.30. The molecule has 166 valence electrons. The van der Waals surface area contributed by atoms with E-state index in [1.165, 1.54) is 25.4 Å². The minimum Gasteiger partial charge on any atom is -0.496 e. The second-order valence-corrected chi connectivity index (χ2v) is 6.98. The Bertz CT molecular complexity index is 1290. The van der Waals surface area contributed by atoms with Gasteiger partial charge in [-0.1, -0.05) is 18.2 Å². The van der Waals surface area contributed by atoms with Crippen molar-refractivity contribution in [2.45, 2.75) is 12.8 Å². The van der Waals surface area contributed by atoms with Crippen LogP contribution in [0.5, 0.6) is 11.5 Å². The number of hydrogen-bond acceptors (Lipinski definition) is 4. The lowest BCUT2D eigenvalue weighted by molar-refractivity contribution is -0.137. The molecule has 0 atom stereocenters. The van der Waals surface area contributed by atoms with E-state index in [1.807, 2.05) is 0 Å². The number of aromatic amines is 1. The minimum absolute atomic E-state index is 0.223. The topological polar surface area (TPSA) is 64.4 Å². The van der Waals surface area contributed by atoms with Crippen LogP contribution in [0.3, 0.4) is 0 Å². The number of aromatic nitrogens is 3. The highest BCUT2D eigenvalue weighted by molar-refractivity contribution is 5.71. The van der Waals surface area contributed by atoms with Crippen molar-refractivity contribution in [2.75, 3.05) is 7.11 Å². The smallest absolute Gasteiger partial charge is 0.416 e. The summed E-state index contributed by atoms with van der Waals surface area (Å²) in [5.74, 6) is 1.52. The van der Waals surface area contributed by atoms with Gasteiger partial charge < -0.3 is 14.5 Å². The van der Waals surface area contributed by atoms with Crippen LogP contribution >= 0.6 is 0 Å². The van der Waals surface area contributed by atoms with Gasteiger partial charge in [0.05, 0.1) is 30.6 Å². The van der Waals surface area contributed by atoms with Crippen LogP contribution in [-0.4, -0.2) is 22.1 Å². The van der Waals surface area contributed by atoms with Gasteiger partial charge in [-0.15, -0.1) is 0 Å². The van der Waals surface area contributed by atoms with Crippen molar-refractivity contribution in [1.29, 1.82) is 0 Å². The molecule has 6 nitrogen and oxygen atoms in total. The number of alkyl halides is 3. The van der Waals surface area contributed by atoms with Crippen LogP contribution in [0.15, 0.2) is 67.0 Å². The van der Waals surface area contributed by atoms with E-state index < -0.39 is 11.7 Å². The molecule has 0 radical (unpaired) electrons. The summed E-state index contributed by atoms with van der Waals surface area (Å²) in [4.78, 5) is 15.0. The Morgan fingerprint density at radius 1 is 1.06 bits per heavy atom. The van der Waals surface area contributed by atoms with E-state index in [2.05, 4.69) is 19.8 Å². The van der Waals surface area contributed by atoms with Gasteiger partial charge >= 0.3 is 6.18 Å². The Kier molecular flexibility index (Phi) is 6.00. The molecule has 33 heavy (non-hydrogen) atoms. The van der Waals surface area contributed by atoms with Crippen molar-refractivity contribution in [3.05, 3.63) is 89.7 Å². The molecule has 2 aromatic heterocycles. The number of hydrogen-bond donors (Lipinski definition) is 1. The van der Waals surface area contributed by atoms with E-state index in [0.717, 1.165) is 12.1 Å². The molecule has 0 saturated heterocycles. The van der Waals surface area contributed by atoms with Gasteiger partial charge in [-0.3, -0.25) is 4.98 Å². The van der Waals surface area contributed by atoms with Crippen LogP contribution in [-0.2, 0) is 12.8 Å². The molecule has 0 unspecified atom stereocenters. The van der Waals surface area contributed by atoms with Crippen LogP contribution in [0.2, 0.25) is 0 Å². The van der Waals surface area contributed by atoms with Crippen LogP contribution in [0.25, 0.3) is 27.5 Å². The summed E-state index contributed by atoms with van der Waals surface area (Å²) in [5, 5.41) is 0. The van der Waals surface area contributed by atoms with E-state index in [9.17, 15) is 13.2 Å². The predicted octanol–water partition coefficient (Wildman–Crippen LogP) is 6.30. The number of imidazole rings is 1. The fourth-order valence-electron chi connectivity index (χ4n) is 3.12. The van der Waals surface area contributed by atoms with Crippen molar-refractivity contribution in [1.82, 2.24) is 15.0 Å². The molecule has 9 heteroatoms. The summed E-state index contributed by atoms with van der Waals surface area (Å²) < 4.78 is 49.6. The monoisotopic (exact) mass is 450 g/mol. The van der Waals surface area contributed by atoms with Gasteiger partial charge in [0.2, 0.25) is 5.69 Å². The summed E-state index contributed by atoms with van der Waals surface area (Å²) in [6.45, 7) is 7.18. The van der Waals surface area contributed by atoms with Crippen molar-refractivity contribution < 1.29 is 22.6 Å².